The lowest BCUT2D eigenvalue weighted by Crippen LogP contribution is -2.16. The molecular weight excluding hydrogens is 229 g/mol. The molecule has 0 bridgehead atoms. The zero-order chi connectivity index (χ0) is 11.6. The first kappa shape index (κ1) is 12.1. The monoisotopic (exact) mass is 241 g/mol. The molecule has 1 rings (SSSR count). The Balaban J connectivity index is 3.20. The van der Waals surface area contributed by atoms with Crippen LogP contribution in [-0.4, -0.2) is 8.07 Å². The number of nitrogen functional groups attached to an aromatic ring is 1. The average Bonchev–Trinajstić information content (AvgIpc) is 2.07. The summed E-state index contributed by atoms with van der Waals surface area (Å²) in [6, 6.07) is 2.51. The number of nitrogens with two attached hydrogens (primary N) is 1. The summed E-state index contributed by atoms with van der Waals surface area (Å²) in [5, 5.41) is 0.335. The van der Waals surface area contributed by atoms with Crippen molar-refractivity contribution in [3.63, 3.8) is 0 Å². The molecule has 0 aliphatic carbocycles. The van der Waals surface area contributed by atoms with Crippen LogP contribution in [-0.2, 0) is 0 Å². The second-order valence-corrected chi connectivity index (χ2v) is 9.48. The molecule has 0 amide bonds. The van der Waals surface area contributed by atoms with Crippen molar-refractivity contribution in [2.75, 3.05) is 5.73 Å². The van der Waals surface area contributed by atoms with E-state index in [1.165, 1.54) is 12.1 Å². The molecule has 0 aromatic heterocycles. The Morgan fingerprint density at radius 1 is 1.33 bits per heavy atom. The molecule has 0 spiro atoms. The lowest BCUT2D eigenvalue weighted by molar-refractivity contribution is 0.628. The Morgan fingerprint density at radius 2 is 1.93 bits per heavy atom. The number of rotatable bonds is 0. The maximum absolute atomic E-state index is 13.0. The molecule has 0 atom stereocenters. The van der Waals surface area contributed by atoms with Crippen LogP contribution in [0.4, 0.5) is 10.1 Å². The van der Waals surface area contributed by atoms with E-state index in [4.69, 9.17) is 17.3 Å². The van der Waals surface area contributed by atoms with E-state index >= 15 is 0 Å². The van der Waals surface area contributed by atoms with E-state index in [1.807, 2.05) is 0 Å². The summed E-state index contributed by atoms with van der Waals surface area (Å²) in [7, 11) is -1.48. The van der Waals surface area contributed by atoms with Crippen molar-refractivity contribution in [2.45, 2.75) is 19.6 Å². The predicted molar refractivity (Wildman–Crippen MR) is 66.0 cm³/mol. The Hall–Kier alpha value is -0.983. The fourth-order valence-electron chi connectivity index (χ4n) is 0.956. The molecule has 1 aromatic carbocycles. The van der Waals surface area contributed by atoms with Crippen LogP contribution in [0, 0.1) is 17.3 Å². The van der Waals surface area contributed by atoms with Gasteiger partial charge in [0.1, 0.15) is 13.9 Å². The van der Waals surface area contributed by atoms with Crippen molar-refractivity contribution in [1.82, 2.24) is 0 Å². The predicted octanol–water partition coefficient (Wildman–Crippen LogP) is 3.29. The molecule has 1 aromatic rings. The van der Waals surface area contributed by atoms with Gasteiger partial charge >= 0.3 is 0 Å². The van der Waals surface area contributed by atoms with Crippen molar-refractivity contribution >= 4 is 25.4 Å². The third-order valence-corrected chi connectivity index (χ3v) is 2.93. The van der Waals surface area contributed by atoms with Gasteiger partial charge in [0.25, 0.3) is 0 Å². The highest BCUT2D eigenvalue weighted by Crippen LogP contribution is 2.24. The van der Waals surface area contributed by atoms with Crippen LogP contribution >= 0.6 is 11.6 Å². The molecule has 0 aliphatic heterocycles. The number of benzene rings is 1. The van der Waals surface area contributed by atoms with E-state index in [0.717, 1.165) is 0 Å². The topological polar surface area (TPSA) is 26.0 Å². The lowest BCUT2D eigenvalue weighted by atomic mass is 10.2. The Kier molecular flexibility index (Phi) is 3.43. The molecular formula is C11H13ClFNSi. The molecule has 0 saturated carbocycles. The van der Waals surface area contributed by atoms with Gasteiger partial charge in [0, 0.05) is 5.56 Å². The van der Waals surface area contributed by atoms with Gasteiger partial charge in [0.15, 0.2) is 0 Å². The minimum atomic E-state index is -1.48. The Labute approximate surface area is 95.4 Å². The quantitative estimate of drug-likeness (QED) is 0.421. The normalized spacial score (nSPS) is 10.7. The average molecular weight is 242 g/mol. The summed E-state index contributed by atoms with van der Waals surface area (Å²) < 4.78 is 13.0. The molecule has 0 unspecified atom stereocenters. The summed E-state index contributed by atoms with van der Waals surface area (Å²) in [4.78, 5) is 0. The molecule has 0 fully saturated rings. The van der Waals surface area contributed by atoms with Gasteiger partial charge in [-0.2, -0.15) is 0 Å². The highest BCUT2D eigenvalue weighted by atomic mass is 35.5. The van der Waals surface area contributed by atoms with Gasteiger partial charge in [-0.25, -0.2) is 4.39 Å². The van der Waals surface area contributed by atoms with Gasteiger partial charge in [0.05, 0.1) is 10.7 Å². The van der Waals surface area contributed by atoms with E-state index in [1.54, 1.807) is 0 Å². The van der Waals surface area contributed by atoms with Crippen molar-refractivity contribution in [2.24, 2.45) is 0 Å². The molecule has 2 N–H and O–H groups in total. The number of halogens is 2. The number of anilines is 1. The van der Waals surface area contributed by atoms with Crippen LogP contribution < -0.4 is 5.73 Å². The molecule has 4 heteroatoms. The molecule has 1 nitrogen and oxygen atoms in total. The summed E-state index contributed by atoms with van der Waals surface area (Å²) >= 11 is 5.92. The van der Waals surface area contributed by atoms with Gasteiger partial charge in [0.2, 0.25) is 0 Å². The van der Waals surface area contributed by atoms with Crippen LogP contribution in [0.2, 0.25) is 24.7 Å². The van der Waals surface area contributed by atoms with Crippen molar-refractivity contribution in [3.8, 4) is 11.5 Å². The highest BCUT2D eigenvalue weighted by Gasteiger charge is 2.09. The van der Waals surface area contributed by atoms with E-state index in [0.29, 0.717) is 10.6 Å². The first-order valence-corrected chi connectivity index (χ1v) is 8.45. The minimum absolute atomic E-state index is 0.233. The molecule has 0 saturated heterocycles. The standard InChI is InChI=1S/C11H13ClFNSi/c1-15(2,3)5-4-8-6-9(13)7-10(14)11(8)12/h6-7H,14H2,1-3H3. The highest BCUT2D eigenvalue weighted by molar-refractivity contribution is 6.83. The first-order valence-electron chi connectivity index (χ1n) is 4.57. The SMILES string of the molecule is C[Si](C)(C)C#Cc1cc(F)cc(N)c1Cl. The first-order chi connectivity index (χ1) is 6.79. The van der Waals surface area contributed by atoms with Crippen molar-refractivity contribution < 1.29 is 4.39 Å². The minimum Gasteiger partial charge on any atom is -0.397 e. The molecule has 15 heavy (non-hydrogen) atoms. The molecule has 0 radical (unpaired) electrons. The fraction of sp³-hybridized carbons (Fsp3) is 0.273. The zero-order valence-electron chi connectivity index (χ0n) is 8.99. The van der Waals surface area contributed by atoms with E-state index in [9.17, 15) is 4.39 Å². The van der Waals surface area contributed by atoms with Crippen LogP contribution in [0.3, 0.4) is 0 Å². The zero-order valence-corrected chi connectivity index (χ0v) is 10.7. The maximum atomic E-state index is 13.0. The molecule has 80 valence electrons. The third kappa shape index (κ3) is 3.58. The Bertz CT molecular complexity index is 440. The van der Waals surface area contributed by atoms with Crippen molar-refractivity contribution in [1.29, 1.82) is 0 Å². The van der Waals surface area contributed by atoms with Gasteiger partial charge < -0.3 is 5.73 Å². The van der Waals surface area contributed by atoms with Crippen LogP contribution in [0.1, 0.15) is 5.56 Å². The largest absolute Gasteiger partial charge is 0.397 e. The van der Waals surface area contributed by atoms with Gasteiger partial charge in [-0.05, 0) is 12.1 Å². The molecule has 0 heterocycles. The lowest BCUT2D eigenvalue weighted by Gasteiger charge is -2.05. The maximum Gasteiger partial charge on any atom is 0.129 e. The molecule has 0 aliphatic rings. The van der Waals surface area contributed by atoms with E-state index in [2.05, 4.69) is 31.1 Å². The van der Waals surface area contributed by atoms with Gasteiger partial charge in [-0.1, -0.05) is 37.2 Å². The van der Waals surface area contributed by atoms with Crippen LogP contribution in [0.25, 0.3) is 0 Å². The van der Waals surface area contributed by atoms with E-state index < -0.39 is 13.9 Å². The summed E-state index contributed by atoms with van der Waals surface area (Å²) in [5.41, 5.74) is 9.35. The van der Waals surface area contributed by atoms with Crippen LogP contribution in [0.5, 0.6) is 0 Å². The van der Waals surface area contributed by atoms with Crippen LogP contribution in [0.15, 0.2) is 12.1 Å². The summed E-state index contributed by atoms with van der Waals surface area (Å²) in [5.74, 6) is 2.49. The van der Waals surface area contributed by atoms with Gasteiger partial charge in [-0.15, -0.1) is 5.54 Å². The summed E-state index contributed by atoms with van der Waals surface area (Å²) in [6.45, 7) is 6.32. The second-order valence-electron chi connectivity index (χ2n) is 4.36. The number of hydrogen-bond acceptors (Lipinski definition) is 1. The van der Waals surface area contributed by atoms with Gasteiger partial charge in [-0.3, -0.25) is 0 Å². The van der Waals surface area contributed by atoms with Crippen molar-refractivity contribution in [3.05, 3.63) is 28.5 Å². The summed E-state index contributed by atoms with van der Waals surface area (Å²) in [6.07, 6.45) is 0. The van der Waals surface area contributed by atoms with E-state index in [-0.39, 0.29) is 5.69 Å². The fourth-order valence-corrected chi connectivity index (χ4v) is 1.62. The third-order valence-electron chi connectivity index (χ3n) is 1.64. The Morgan fingerprint density at radius 3 is 2.47 bits per heavy atom. The second kappa shape index (κ2) is 4.26. The smallest absolute Gasteiger partial charge is 0.129 e. The number of hydrogen-bond donors (Lipinski definition) is 1.